The Labute approximate surface area is 170 Å². The molecule has 1 aliphatic heterocycles. The lowest BCUT2D eigenvalue weighted by Crippen LogP contribution is -2.40. The second-order valence-corrected chi connectivity index (χ2v) is 6.55. The Bertz CT molecular complexity index is 543. The number of rotatable bonds is 6. The normalized spacial score (nSPS) is 17.6. The molecule has 0 aromatic heterocycles. The second kappa shape index (κ2) is 11.1. The zero-order valence-corrected chi connectivity index (χ0v) is 18.5. The Balaban J connectivity index is 0.00000288. The molecule has 0 bridgehead atoms. The summed E-state index contributed by atoms with van der Waals surface area (Å²) in [4.78, 5) is 7.11. The fourth-order valence-corrected chi connectivity index (χ4v) is 3.39. The van der Waals surface area contributed by atoms with Crippen LogP contribution >= 0.6 is 39.9 Å². The van der Waals surface area contributed by atoms with Crippen molar-refractivity contribution in [3.63, 3.8) is 0 Å². The van der Waals surface area contributed by atoms with Crippen molar-refractivity contribution in [2.45, 2.75) is 19.9 Å². The molecule has 1 saturated heterocycles. The summed E-state index contributed by atoms with van der Waals surface area (Å²) in [5.74, 6) is 2.42. The number of benzene rings is 1. The van der Waals surface area contributed by atoms with Gasteiger partial charge in [-0.2, -0.15) is 0 Å². The van der Waals surface area contributed by atoms with Crippen LogP contribution in [0.3, 0.4) is 0 Å². The predicted molar refractivity (Wildman–Crippen MR) is 112 cm³/mol. The van der Waals surface area contributed by atoms with E-state index in [1.54, 1.807) is 14.2 Å². The van der Waals surface area contributed by atoms with E-state index in [0.717, 1.165) is 54.4 Å². The summed E-state index contributed by atoms with van der Waals surface area (Å²) < 4.78 is 11.5. The number of likely N-dealkylation sites (tertiary alicyclic amines) is 1. The van der Waals surface area contributed by atoms with Gasteiger partial charge < -0.3 is 19.7 Å². The third-order valence-electron chi connectivity index (χ3n) is 3.95. The van der Waals surface area contributed by atoms with Crippen molar-refractivity contribution in [1.82, 2.24) is 10.2 Å². The lowest BCUT2D eigenvalue weighted by atomic mass is 10.1. The minimum absolute atomic E-state index is 0. The van der Waals surface area contributed by atoms with E-state index in [0.29, 0.717) is 12.5 Å². The van der Waals surface area contributed by atoms with Crippen molar-refractivity contribution in [2.24, 2.45) is 10.9 Å². The van der Waals surface area contributed by atoms with Crippen LogP contribution < -0.4 is 10.1 Å². The van der Waals surface area contributed by atoms with Gasteiger partial charge in [-0.15, -0.1) is 24.0 Å². The first-order valence-electron chi connectivity index (χ1n) is 8.02. The van der Waals surface area contributed by atoms with Gasteiger partial charge in [0.2, 0.25) is 0 Å². The van der Waals surface area contributed by atoms with E-state index in [2.05, 4.69) is 39.1 Å². The van der Waals surface area contributed by atoms with Gasteiger partial charge in [-0.3, -0.25) is 0 Å². The van der Waals surface area contributed by atoms with E-state index in [-0.39, 0.29) is 24.0 Å². The molecule has 0 saturated carbocycles. The van der Waals surface area contributed by atoms with E-state index >= 15 is 0 Å². The molecule has 1 aromatic rings. The summed E-state index contributed by atoms with van der Waals surface area (Å²) in [5.41, 5.74) is 1.15. The summed E-state index contributed by atoms with van der Waals surface area (Å²) in [6, 6.07) is 6.07. The van der Waals surface area contributed by atoms with Gasteiger partial charge in [-0.05, 0) is 47.0 Å². The quantitative estimate of drug-likeness (QED) is 0.360. The Morgan fingerprint density at radius 3 is 2.83 bits per heavy atom. The number of nitrogens with one attached hydrogen (secondary N) is 1. The number of halogens is 2. The number of hydrogen-bond donors (Lipinski definition) is 1. The van der Waals surface area contributed by atoms with Crippen molar-refractivity contribution in [2.75, 3.05) is 40.5 Å². The first-order valence-corrected chi connectivity index (χ1v) is 8.81. The molecule has 0 aliphatic carbocycles. The highest BCUT2D eigenvalue weighted by Gasteiger charge is 2.24. The van der Waals surface area contributed by atoms with Gasteiger partial charge in [0.25, 0.3) is 0 Å². The van der Waals surface area contributed by atoms with Gasteiger partial charge in [0.05, 0.1) is 24.7 Å². The molecular formula is C17H27BrIN3O2. The zero-order valence-electron chi connectivity index (χ0n) is 14.5. The molecule has 24 heavy (non-hydrogen) atoms. The monoisotopic (exact) mass is 511 g/mol. The summed E-state index contributed by atoms with van der Waals surface area (Å²) in [6.07, 6.45) is 1.16. The highest BCUT2D eigenvalue weighted by Crippen LogP contribution is 2.26. The van der Waals surface area contributed by atoms with Gasteiger partial charge in [-0.1, -0.05) is 6.07 Å². The van der Waals surface area contributed by atoms with Gasteiger partial charge in [0, 0.05) is 32.7 Å². The summed E-state index contributed by atoms with van der Waals surface area (Å²) in [6.45, 7) is 6.48. The average Bonchev–Trinajstić information content (AvgIpc) is 3.00. The van der Waals surface area contributed by atoms with Crippen molar-refractivity contribution in [3.05, 3.63) is 28.2 Å². The van der Waals surface area contributed by atoms with E-state index in [9.17, 15) is 0 Å². The van der Waals surface area contributed by atoms with Gasteiger partial charge in [0.15, 0.2) is 5.96 Å². The molecule has 0 radical (unpaired) electrons. The third kappa shape index (κ3) is 6.07. The minimum atomic E-state index is 0. The van der Waals surface area contributed by atoms with Crippen molar-refractivity contribution in [3.8, 4) is 5.75 Å². The third-order valence-corrected chi connectivity index (χ3v) is 4.57. The largest absolute Gasteiger partial charge is 0.496 e. The smallest absolute Gasteiger partial charge is 0.194 e. The highest BCUT2D eigenvalue weighted by molar-refractivity contribution is 14.0. The molecule has 0 spiro atoms. The molecule has 1 heterocycles. The second-order valence-electron chi connectivity index (χ2n) is 5.70. The molecule has 1 aliphatic rings. The van der Waals surface area contributed by atoms with Crippen LogP contribution in [0.15, 0.2) is 27.7 Å². The Kier molecular flexibility index (Phi) is 9.99. The van der Waals surface area contributed by atoms with Gasteiger partial charge in [0.1, 0.15) is 5.75 Å². The average molecular weight is 512 g/mol. The number of ether oxygens (including phenoxy) is 2. The Hall–Kier alpha value is -0.540. The Morgan fingerprint density at radius 1 is 1.42 bits per heavy atom. The lowest BCUT2D eigenvalue weighted by molar-refractivity contribution is 0.157. The first-order chi connectivity index (χ1) is 11.2. The molecule has 2 rings (SSSR count). The number of guanidine groups is 1. The molecule has 0 amide bonds. The zero-order chi connectivity index (χ0) is 16.7. The lowest BCUT2D eigenvalue weighted by Gasteiger charge is -2.21. The van der Waals surface area contributed by atoms with Crippen LogP contribution in [0.25, 0.3) is 0 Å². The number of methoxy groups -OCH3 is 2. The fraction of sp³-hybridized carbons (Fsp3) is 0.588. The van der Waals surface area contributed by atoms with E-state index in [4.69, 9.17) is 14.5 Å². The topological polar surface area (TPSA) is 46.1 Å². The molecule has 7 heteroatoms. The fourth-order valence-electron chi connectivity index (χ4n) is 2.80. The van der Waals surface area contributed by atoms with Crippen LogP contribution in [0.4, 0.5) is 0 Å². The molecule has 1 unspecified atom stereocenters. The summed E-state index contributed by atoms with van der Waals surface area (Å²) in [5, 5.41) is 3.39. The van der Waals surface area contributed by atoms with E-state index in [1.807, 2.05) is 12.1 Å². The number of nitrogens with zero attached hydrogens (tertiary/aromatic N) is 2. The van der Waals surface area contributed by atoms with Crippen molar-refractivity contribution in [1.29, 1.82) is 0 Å². The van der Waals surface area contributed by atoms with Crippen LogP contribution in [-0.4, -0.2) is 51.3 Å². The summed E-state index contributed by atoms with van der Waals surface area (Å²) in [7, 11) is 3.44. The summed E-state index contributed by atoms with van der Waals surface area (Å²) >= 11 is 3.52. The number of hydrogen-bond acceptors (Lipinski definition) is 3. The molecule has 136 valence electrons. The first kappa shape index (κ1) is 21.5. The molecule has 1 atom stereocenters. The van der Waals surface area contributed by atoms with Crippen molar-refractivity contribution >= 4 is 45.9 Å². The highest BCUT2D eigenvalue weighted by atomic mass is 127. The van der Waals surface area contributed by atoms with Crippen LogP contribution in [0.5, 0.6) is 5.75 Å². The molecule has 1 N–H and O–H groups in total. The van der Waals surface area contributed by atoms with Crippen LogP contribution in [-0.2, 0) is 11.3 Å². The SMILES string of the molecule is CCNC(=NCc1ccc(OC)c(Br)c1)N1CCC(COC)C1.I. The van der Waals surface area contributed by atoms with E-state index < -0.39 is 0 Å². The van der Waals surface area contributed by atoms with Crippen LogP contribution in [0.1, 0.15) is 18.9 Å². The molecular weight excluding hydrogens is 485 g/mol. The minimum Gasteiger partial charge on any atom is -0.496 e. The van der Waals surface area contributed by atoms with E-state index in [1.165, 1.54) is 0 Å². The Morgan fingerprint density at radius 2 is 2.21 bits per heavy atom. The predicted octanol–water partition coefficient (Wildman–Crippen LogP) is 3.51. The van der Waals surface area contributed by atoms with Crippen LogP contribution in [0, 0.1) is 5.92 Å². The standard InChI is InChI=1S/C17H26BrN3O2.HI/c1-4-19-17(21-8-7-14(11-21)12-22-2)20-10-13-5-6-16(23-3)15(18)9-13;/h5-6,9,14H,4,7-8,10-12H2,1-3H3,(H,19,20);1H. The number of aliphatic imine (C=N–C) groups is 1. The molecule has 5 nitrogen and oxygen atoms in total. The maximum atomic E-state index is 5.27. The van der Waals surface area contributed by atoms with Crippen LogP contribution in [0.2, 0.25) is 0 Å². The molecule has 1 aromatic carbocycles. The van der Waals surface area contributed by atoms with Crippen molar-refractivity contribution < 1.29 is 9.47 Å². The van der Waals surface area contributed by atoms with Gasteiger partial charge >= 0.3 is 0 Å². The maximum absolute atomic E-state index is 5.27. The van der Waals surface area contributed by atoms with Gasteiger partial charge in [-0.25, -0.2) is 4.99 Å². The maximum Gasteiger partial charge on any atom is 0.194 e. The molecule has 1 fully saturated rings.